The van der Waals surface area contributed by atoms with Crippen molar-refractivity contribution in [2.24, 2.45) is 5.73 Å². The summed E-state index contributed by atoms with van der Waals surface area (Å²) in [6, 6.07) is 13.3. The van der Waals surface area contributed by atoms with Gasteiger partial charge in [0, 0.05) is 11.3 Å². The highest BCUT2D eigenvalue weighted by molar-refractivity contribution is 5.96. The molecule has 0 aliphatic carbocycles. The van der Waals surface area contributed by atoms with Gasteiger partial charge in [-0.1, -0.05) is 17.3 Å². The lowest BCUT2D eigenvalue weighted by Crippen LogP contribution is -2.31. The first kappa shape index (κ1) is 18.1. The first-order valence-corrected chi connectivity index (χ1v) is 8.12. The first-order chi connectivity index (χ1) is 12.9. The van der Waals surface area contributed by atoms with Crippen molar-refractivity contribution in [3.8, 4) is 0 Å². The molecule has 2 amide bonds. The van der Waals surface area contributed by atoms with E-state index in [0.29, 0.717) is 22.3 Å². The van der Waals surface area contributed by atoms with Crippen LogP contribution in [0.4, 0.5) is 5.69 Å². The Morgan fingerprint density at radius 2 is 1.85 bits per heavy atom. The number of nitrogens with two attached hydrogens (primary N) is 1. The van der Waals surface area contributed by atoms with E-state index < -0.39 is 23.9 Å². The summed E-state index contributed by atoms with van der Waals surface area (Å²) in [5.41, 5.74) is 7.30. The Balaban J connectivity index is 1.57. The lowest BCUT2D eigenvalue weighted by atomic mass is 10.2. The van der Waals surface area contributed by atoms with Crippen LogP contribution in [0, 0.1) is 0 Å². The normalized spacial score (nSPS) is 11.7. The number of nitrogens with one attached hydrogen (secondary N) is 1. The van der Waals surface area contributed by atoms with Crippen LogP contribution in [0.25, 0.3) is 11.0 Å². The maximum absolute atomic E-state index is 12.2. The smallest absolute Gasteiger partial charge is 0.328 e. The van der Waals surface area contributed by atoms with E-state index in [1.807, 2.05) is 12.1 Å². The highest BCUT2D eigenvalue weighted by atomic mass is 16.5. The van der Waals surface area contributed by atoms with E-state index in [4.69, 9.17) is 10.5 Å². The number of hydrogen-bond donors (Lipinski definition) is 2. The Labute approximate surface area is 154 Å². The molecule has 0 aliphatic rings. The van der Waals surface area contributed by atoms with E-state index in [2.05, 4.69) is 15.6 Å². The highest BCUT2D eigenvalue weighted by Crippen LogP contribution is 2.12. The second-order valence-electron chi connectivity index (χ2n) is 5.80. The van der Waals surface area contributed by atoms with Crippen LogP contribution in [0.2, 0.25) is 0 Å². The van der Waals surface area contributed by atoms with Crippen molar-refractivity contribution < 1.29 is 19.1 Å². The van der Waals surface area contributed by atoms with Gasteiger partial charge in [0.15, 0.2) is 6.10 Å². The maximum Gasteiger partial charge on any atom is 0.328 e. The Bertz CT molecular complexity index is 996. The Morgan fingerprint density at radius 3 is 2.56 bits per heavy atom. The van der Waals surface area contributed by atoms with Crippen molar-refractivity contribution in [3.05, 3.63) is 54.1 Å². The molecule has 138 valence electrons. The third-order valence-corrected chi connectivity index (χ3v) is 3.81. The molecule has 0 bridgehead atoms. The monoisotopic (exact) mass is 367 g/mol. The first-order valence-electron chi connectivity index (χ1n) is 8.12. The molecule has 1 aromatic heterocycles. The molecule has 0 fully saturated rings. The number of carbonyl (C=O) groups is 3. The van der Waals surface area contributed by atoms with Crippen LogP contribution in [0.5, 0.6) is 0 Å². The zero-order valence-electron chi connectivity index (χ0n) is 14.5. The van der Waals surface area contributed by atoms with Gasteiger partial charge in [-0.15, -0.1) is 5.10 Å². The van der Waals surface area contributed by atoms with Crippen molar-refractivity contribution >= 4 is 34.5 Å². The molecular formula is C18H17N5O4. The van der Waals surface area contributed by atoms with Gasteiger partial charge < -0.3 is 15.8 Å². The molecule has 0 aliphatic heterocycles. The van der Waals surface area contributed by atoms with Crippen LogP contribution in [-0.4, -0.2) is 38.9 Å². The number of aromatic nitrogens is 3. The number of primary amides is 1. The SMILES string of the molecule is CC(OC(=O)Cn1nnc2ccccc21)C(=O)Nc1ccc(C(N)=O)cc1. The predicted octanol–water partition coefficient (Wildman–Crippen LogP) is 1.10. The summed E-state index contributed by atoms with van der Waals surface area (Å²) in [5.74, 6) is -1.67. The zero-order valence-corrected chi connectivity index (χ0v) is 14.5. The van der Waals surface area contributed by atoms with Gasteiger partial charge in [0.25, 0.3) is 5.91 Å². The highest BCUT2D eigenvalue weighted by Gasteiger charge is 2.19. The molecule has 0 radical (unpaired) electrons. The summed E-state index contributed by atoms with van der Waals surface area (Å²) in [4.78, 5) is 35.3. The summed E-state index contributed by atoms with van der Waals surface area (Å²) < 4.78 is 6.56. The number of nitrogens with zero attached hydrogens (tertiary/aromatic N) is 3. The minimum absolute atomic E-state index is 0.161. The summed E-state index contributed by atoms with van der Waals surface area (Å²) in [6.45, 7) is 1.30. The average molecular weight is 367 g/mol. The van der Waals surface area contributed by atoms with Crippen LogP contribution in [0.3, 0.4) is 0 Å². The number of carbonyl (C=O) groups excluding carboxylic acids is 3. The summed E-state index contributed by atoms with van der Waals surface area (Å²) >= 11 is 0. The molecule has 1 unspecified atom stereocenters. The molecule has 0 saturated heterocycles. The zero-order chi connectivity index (χ0) is 19.4. The van der Waals surface area contributed by atoms with Crippen LogP contribution >= 0.6 is 0 Å². The standard InChI is InChI=1S/C18H17N5O4/c1-11(18(26)20-13-8-6-12(7-9-13)17(19)25)27-16(24)10-23-15-5-3-2-4-14(15)21-22-23/h2-9,11H,10H2,1H3,(H2,19,25)(H,20,26). The van der Waals surface area contributed by atoms with Crippen molar-refractivity contribution in [1.82, 2.24) is 15.0 Å². The molecule has 3 aromatic rings. The van der Waals surface area contributed by atoms with Crippen LogP contribution in [-0.2, 0) is 20.9 Å². The second-order valence-corrected chi connectivity index (χ2v) is 5.80. The summed E-state index contributed by atoms with van der Waals surface area (Å²) in [6.07, 6.45) is -1.01. The Hall–Kier alpha value is -3.75. The number of fused-ring (bicyclic) bond motifs is 1. The molecule has 3 N–H and O–H groups in total. The van der Waals surface area contributed by atoms with Crippen LogP contribution in [0.1, 0.15) is 17.3 Å². The number of hydrogen-bond acceptors (Lipinski definition) is 6. The Morgan fingerprint density at radius 1 is 1.15 bits per heavy atom. The molecule has 0 saturated carbocycles. The maximum atomic E-state index is 12.2. The Kier molecular flexibility index (Phi) is 5.11. The number of para-hydroxylation sites is 1. The fraction of sp³-hybridized carbons (Fsp3) is 0.167. The van der Waals surface area contributed by atoms with E-state index in [0.717, 1.165) is 0 Å². The van der Waals surface area contributed by atoms with E-state index in [9.17, 15) is 14.4 Å². The minimum atomic E-state index is -1.01. The quantitative estimate of drug-likeness (QED) is 0.628. The number of amides is 2. The fourth-order valence-corrected chi connectivity index (χ4v) is 2.41. The number of benzene rings is 2. The third-order valence-electron chi connectivity index (χ3n) is 3.81. The van der Waals surface area contributed by atoms with Crippen LogP contribution in [0.15, 0.2) is 48.5 Å². The number of ether oxygens (including phenoxy) is 1. The molecule has 1 atom stereocenters. The van der Waals surface area contributed by atoms with Gasteiger partial charge in [0.1, 0.15) is 12.1 Å². The topological polar surface area (TPSA) is 129 Å². The molecule has 9 nitrogen and oxygen atoms in total. The molecular weight excluding hydrogens is 350 g/mol. The molecule has 2 aromatic carbocycles. The minimum Gasteiger partial charge on any atom is -0.451 e. The van der Waals surface area contributed by atoms with Crippen molar-refractivity contribution in [1.29, 1.82) is 0 Å². The molecule has 3 rings (SSSR count). The van der Waals surface area contributed by atoms with Gasteiger partial charge in [-0.05, 0) is 43.3 Å². The van der Waals surface area contributed by atoms with Gasteiger partial charge in [-0.25, -0.2) is 4.68 Å². The van der Waals surface area contributed by atoms with E-state index in [1.54, 1.807) is 12.1 Å². The van der Waals surface area contributed by atoms with Gasteiger partial charge in [-0.2, -0.15) is 0 Å². The van der Waals surface area contributed by atoms with Crippen molar-refractivity contribution in [3.63, 3.8) is 0 Å². The van der Waals surface area contributed by atoms with E-state index in [1.165, 1.54) is 35.9 Å². The summed E-state index contributed by atoms with van der Waals surface area (Å²) in [5, 5.41) is 10.5. The predicted molar refractivity (Wildman–Crippen MR) is 96.7 cm³/mol. The molecule has 27 heavy (non-hydrogen) atoms. The number of esters is 1. The summed E-state index contributed by atoms with van der Waals surface area (Å²) in [7, 11) is 0. The van der Waals surface area contributed by atoms with Gasteiger partial charge in [-0.3, -0.25) is 14.4 Å². The number of anilines is 1. The van der Waals surface area contributed by atoms with Gasteiger partial charge >= 0.3 is 5.97 Å². The largest absolute Gasteiger partial charge is 0.451 e. The third kappa shape index (κ3) is 4.27. The second kappa shape index (κ2) is 7.65. The van der Waals surface area contributed by atoms with E-state index >= 15 is 0 Å². The van der Waals surface area contributed by atoms with E-state index in [-0.39, 0.29) is 6.54 Å². The number of rotatable bonds is 6. The van der Waals surface area contributed by atoms with Gasteiger partial charge in [0.2, 0.25) is 5.91 Å². The van der Waals surface area contributed by atoms with Crippen LogP contribution < -0.4 is 11.1 Å². The lowest BCUT2D eigenvalue weighted by Gasteiger charge is -2.13. The average Bonchev–Trinajstić information content (AvgIpc) is 3.05. The molecule has 1 heterocycles. The molecule has 9 heteroatoms. The fourth-order valence-electron chi connectivity index (χ4n) is 2.41. The molecule has 0 spiro atoms. The lowest BCUT2D eigenvalue weighted by molar-refractivity contribution is -0.153. The van der Waals surface area contributed by atoms with Crippen molar-refractivity contribution in [2.45, 2.75) is 19.6 Å². The van der Waals surface area contributed by atoms with Crippen molar-refractivity contribution in [2.75, 3.05) is 5.32 Å². The van der Waals surface area contributed by atoms with Gasteiger partial charge in [0.05, 0.1) is 5.52 Å².